The predicted octanol–water partition coefficient (Wildman–Crippen LogP) is 2.39. The number of allylic oxidation sites excluding steroid dienone is 3. The maximum absolute atomic E-state index is 11.3. The van der Waals surface area contributed by atoms with E-state index in [2.05, 4.69) is 19.6 Å². The normalized spacial score (nSPS) is 21.9. The number of hydrogen-bond donors (Lipinski definition) is 1. The van der Waals surface area contributed by atoms with Gasteiger partial charge < -0.3 is 5.73 Å². The summed E-state index contributed by atoms with van der Waals surface area (Å²) in [7, 11) is -3.21. The number of hydrogen-bond acceptors (Lipinski definition) is 4. The molecule has 0 aromatic heterocycles. The Labute approximate surface area is 101 Å². The summed E-state index contributed by atoms with van der Waals surface area (Å²) < 4.78 is 22.7. The van der Waals surface area contributed by atoms with Gasteiger partial charge in [-0.25, -0.2) is 8.42 Å². The molecule has 16 heavy (non-hydrogen) atoms. The van der Waals surface area contributed by atoms with Gasteiger partial charge in [0.2, 0.25) is 0 Å². The van der Waals surface area contributed by atoms with E-state index in [1.807, 2.05) is 6.92 Å². The molecule has 0 radical (unpaired) electrons. The fraction of sp³-hybridized carbons (Fsp3) is 0.455. The molecule has 1 aliphatic rings. The topological polar surface area (TPSA) is 60.2 Å². The molecule has 0 fully saturated rings. The van der Waals surface area contributed by atoms with Gasteiger partial charge in [0, 0.05) is 16.9 Å². The molecule has 1 unspecified atom stereocenters. The van der Waals surface area contributed by atoms with E-state index >= 15 is 0 Å². The van der Waals surface area contributed by atoms with Crippen molar-refractivity contribution in [3.63, 3.8) is 0 Å². The highest BCUT2D eigenvalue weighted by Crippen LogP contribution is 2.38. The maximum Gasteiger partial charge on any atom is 0.181 e. The van der Waals surface area contributed by atoms with Crippen molar-refractivity contribution in [2.24, 2.45) is 11.7 Å². The lowest BCUT2D eigenvalue weighted by atomic mass is 9.96. The zero-order valence-corrected chi connectivity index (χ0v) is 11.4. The van der Waals surface area contributed by atoms with Crippen LogP contribution in [0.25, 0.3) is 0 Å². The van der Waals surface area contributed by atoms with Crippen molar-refractivity contribution < 1.29 is 8.42 Å². The van der Waals surface area contributed by atoms with Crippen LogP contribution < -0.4 is 5.73 Å². The zero-order chi connectivity index (χ0) is 12.5. The summed E-state index contributed by atoms with van der Waals surface area (Å²) in [6.07, 6.45) is 4.04. The number of rotatable bonds is 3. The van der Waals surface area contributed by atoms with Crippen molar-refractivity contribution >= 4 is 21.6 Å². The van der Waals surface area contributed by atoms with Crippen LogP contribution in [0.2, 0.25) is 0 Å². The fourth-order valence-corrected chi connectivity index (χ4v) is 3.12. The van der Waals surface area contributed by atoms with Gasteiger partial charge in [-0.3, -0.25) is 0 Å². The Balaban J connectivity index is 2.95. The first-order valence-electron chi connectivity index (χ1n) is 4.96. The molecular weight excluding hydrogens is 242 g/mol. The van der Waals surface area contributed by atoms with Crippen LogP contribution in [0.15, 0.2) is 33.1 Å². The minimum absolute atomic E-state index is 0.146. The average molecular weight is 259 g/mol. The molecule has 0 amide bonds. The van der Waals surface area contributed by atoms with E-state index < -0.39 is 9.84 Å². The van der Waals surface area contributed by atoms with E-state index in [9.17, 15) is 8.42 Å². The zero-order valence-electron chi connectivity index (χ0n) is 9.78. The van der Waals surface area contributed by atoms with Crippen LogP contribution in [0.4, 0.5) is 0 Å². The van der Waals surface area contributed by atoms with Gasteiger partial charge in [0.1, 0.15) is 0 Å². The summed E-state index contributed by atoms with van der Waals surface area (Å²) in [5, 5.41) is 0. The van der Waals surface area contributed by atoms with Crippen LogP contribution in [-0.2, 0) is 9.84 Å². The van der Waals surface area contributed by atoms with Crippen molar-refractivity contribution in [1.29, 1.82) is 0 Å². The standard InChI is InChI=1S/C11H17NO2S2/c1-7-5-8(2)11(10(12)6-7)15-9(3)16(4,13)14/h5,7H,3,6,12H2,1-2,4H3. The summed E-state index contributed by atoms with van der Waals surface area (Å²) in [4.78, 5) is 0.841. The molecule has 90 valence electrons. The second kappa shape index (κ2) is 4.67. The van der Waals surface area contributed by atoms with Crippen LogP contribution >= 0.6 is 11.8 Å². The molecule has 1 rings (SSSR count). The van der Waals surface area contributed by atoms with Crippen molar-refractivity contribution in [3.05, 3.63) is 33.1 Å². The number of sulfone groups is 1. The van der Waals surface area contributed by atoms with E-state index in [1.54, 1.807) is 0 Å². The molecule has 0 saturated heterocycles. The first-order valence-corrected chi connectivity index (χ1v) is 7.67. The fourth-order valence-electron chi connectivity index (χ4n) is 1.59. The first-order chi connectivity index (χ1) is 7.21. The van der Waals surface area contributed by atoms with Gasteiger partial charge in [0.15, 0.2) is 9.84 Å². The second-order valence-electron chi connectivity index (χ2n) is 4.13. The molecule has 1 atom stereocenters. The first kappa shape index (κ1) is 13.4. The SMILES string of the molecule is C=C(SC1=C(N)CC(C)C=C1C)S(C)(=O)=O. The molecule has 0 aromatic carbocycles. The van der Waals surface area contributed by atoms with Crippen molar-refractivity contribution in [3.8, 4) is 0 Å². The van der Waals surface area contributed by atoms with Crippen LogP contribution in [0.3, 0.4) is 0 Å². The third-order valence-corrected chi connectivity index (χ3v) is 5.36. The van der Waals surface area contributed by atoms with Crippen molar-refractivity contribution in [1.82, 2.24) is 0 Å². The van der Waals surface area contributed by atoms with Crippen molar-refractivity contribution in [2.45, 2.75) is 20.3 Å². The summed E-state index contributed by atoms with van der Waals surface area (Å²) in [5.74, 6) is 0.413. The van der Waals surface area contributed by atoms with Gasteiger partial charge >= 0.3 is 0 Å². The molecule has 1 aliphatic carbocycles. The largest absolute Gasteiger partial charge is 0.401 e. The van der Waals surface area contributed by atoms with E-state index in [0.717, 1.165) is 40.6 Å². The Morgan fingerprint density at radius 2 is 2.19 bits per heavy atom. The number of thioether (sulfide) groups is 1. The molecule has 0 aromatic rings. The molecule has 0 bridgehead atoms. The molecule has 5 heteroatoms. The smallest absolute Gasteiger partial charge is 0.181 e. The second-order valence-corrected chi connectivity index (χ2v) is 7.53. The van der Waals surface area contributed by atoms with E-state index in [0.29, 0.717) is 5.92 Å². The molecule has 0 spiro atoms. The average Bonchev–Trinajstić information content (AvgIpc) is 2.08. The maximum atomic E-state index is 11.3. The monoisotopic (exact) mass is 259 g/mol. The van der Waals surface area contributed by atoms with Gasteiger partial charge in [0.25, 0.3) is 0 Å². The lowest BCUT2D eigenvalue weighted by molar-refractivity contribution is 0.609. The molecule has 2 N–H and O–H groups in total. The third kappa shape index (κ3) is 3.15. The Hall–Kier alpha value is -0.680. The summed E-state index contributed by atoms with van der Waals surface area (Å²) in [6, 6.07) is 0. The molecule has 0 heterocycles. The predicted molar refractivity (Wildman–Crippen MR) is 70.3 cm³/mol. The van der Waals surface area contributed by atoms with Crippen LogP contribution in [0.5, 0.6) is 0 Å². The van der Waals surface area contributed by atoms with E-state index in [-0.39, 0.29) is 4.24 Å². The highest BCUT2D eigenvalue weighted by molar-refractivity contribution is 8.20. The molecule has 0 aliphatic heterocycles. The Bertz CT molecular complexity index is 472. The van der Waals surface area contributed by atoms with Gasteiger partial charge in [0.05, 0.1) is 4.24 Å². The van der Waals surface area contributed by atoms with E-state index in [1.165, 1.54) is 0 Å². The summed E-state index contributed by atoms with van der Waals surface area (Å²) in [6.45, 7) is 7.60. The van der Waals surface area contributed by atoms with Gasteiger partial charge in [-0.05, 0) is 24.8 Å². The molecule has 0 saturated carbocycles. The Morgan fingerprint density at radius 1 is 1.62 bits per heavy atom. The van der Waals surface area contributed by atoms with Gasteiger partial charge in [-0.1, -0.05) is 31.3 Å². The minimum atomic E-state index is -3.21. The Morgan fingerprint density at radius 3 is 2.62 bits per heavy atom. The van der Waals surface area contributed by atoms with Crippen molar-refractivity contribution in [2.75, 3.05) is 6.26 Å². The lowest BCUT2D eigenvalue weighted by Gasteiger charge is -2.20. The van der Waals surface area contributed by atoms with Crippen LogP contribution in [0, 0.1) is 5.92 Å². The highest BCUT2D eigenvalue weighted by atomic mass is 32.3. The van der Waals surface area contributed by atoms with E-state index in [4.69, 9.17) is 5.73 Å². The highest BCUT2D eigenvalue weighted by Gasteiger charge is 2.19. The minimum Gasteiger partial charge on any atom is -0.401 e. The Kier molecular flexibility index (Phi) is 3.91. The molecular formula is C11H17NO2S2. The summed E-state index contributed by atoms with van der Waals surface area (Å²) in [5.41, 5.74) is 7.72. The third-order valence-electron chi connectivity index (χ3n) is 2.36. The van der Waals surface area contributed by atoms with Gasteiger partial charge in [-0.15, -0.1) is 0 Å². The quantitative estimate of drug-likeness (QED) is 0.845. The lowest BCUT2D eigenvalue weighted by Crippen LogP contribution is -2.11. The molecule has 3 nitrogen and oxygen atoms in total. The van der Waals surface area contributed by atoms with Crippen LogP contribution in [-0.4, -0.2) is 14.7 Å². The van der Waals surface area contributed by atoms with Gasteiger partial charge in [-0.2, -0.15) is 0 Å². The summed E-state index contributed by atoms with van der Waals surface area (Å²) >= 11 is 1.15. The van der Waals surface area contributed by atoms with Crippen LogP contribution in [0.1, 0.15) is 20.3 Å². The number of nitrogens with two attached hydrogens (primary N) is 1.